The predicted molar refractivity (Wildman–Crippen MR) is 98.3 cm³/mol. The average molecular weight is 319 g/mol. The van der Waals surface area contributed by atoms with Crippen LogP contribution >= 0.6 is 0 Å². The molecule has 0 unspecified atom stereocenters. The summed E-state index contributed by atoms with van der Waals surface area (Å²) in [4.78, 5) is 11.8. The van der Waals surface area contributed by atoms with Crippen LogP contribution in [0, 0.1) is 5.92 Å². The van der Waals surface area contributed by atoms with Gasteiger partial charge in [-0.25, -0.2) is 4.79 Å². The molecular formula is C21H34O2. The highest BCUT2D eigenvalue weighted by atomic mass is 16.6. The first-order valence-electron chi connectivity index (χ1n) is 9.32. The van der Waals surface area contributed by atoms with Gasteiger partial charge in [-0.1, -0.05) is 50.8 Å². The molecule has 23 heavy (non-hydrogen) atoms. The van der Waals surface area contributed by atoms with Gasteiger partial charge in [0.1, 0.15) is 6.10 Å². The minimum absolute atomic E-state index is 0.0690. The van der Waals surface area contributed by atoms with Gasteiger partial charge >= 0.3 is 5.97 Å². The molecule has 0 aromatic carbocycles. The molecule has 2 nitrogen and oxygen atoms in total. The van der Waals surface area contributed by atoms with E-state index >= 15 is 0 Å². The van der Waals surface area contributed by atoms with Gasteiger partial charge in [-0.3, -0.25) is 0 Å². The summed E-state index contributed by atoms with van der Waals surface area (Å²) in [5.41, 5.74) is 0.702. The Labute approximate surface area is 142 Å². The van der Waals surface area contributed by atoms with E-state index in [-0.39, 0.29) is 18.0 Å². The largest absolute Gasteiger partial charge is 0.458 e. The third kappa shape index (κ3) is 7.67. The quantitative estimate of drug-likeness (QED) is 0.166. The Kier molecular flexibility index (Phi) is 10.4. The zero-order valence-corrected chi connectivity index (χ0v) is 14.7. The normalized spacial score (nSPS) is 20.5. The Morgan fingerprint density at radius 2 is 1.35 bits per heavy atom. The van der Waals surface area contributed by atoms with E-state index in [9.17, 15) is 4.79 Å². The minimum Gasteiger partial charge on any atom is -0.458 e. The summed E-state index contributed by atoms with van der Waals surface area (Å²) in [6.45, 7) is 11.5. The van der Waals surface area contributed by atoms with Crippen molar-refractivity contribution in [1.29, 1.82) is 0 Å². The Balaban J connectivity index is 2.22. The number of carbonyl (C=O) groups is 1. The van der Waals surface area contributed by atoms with Gasteiger partial charge in [0.05, 0.1) is 0 Å². The minimum atomic E-state index is -0.169. The number of cyclic esters (lactones) is 1. The standard InChI is InChI=1S/C21H34O2/c1-4-6-8-10-11-13-14-16-19-18(3)21(22)23-20(19)17-15-12-9-7-5-2/h4-5,19-20H,1-3,6-17H2/t19-,20-/m0/s1. The zero-order chi connectivity index (χ0) is 16.9. The number of ether oxygens (including phenoxy) is 1. The molecule has 130 valence electrons. The van der Waals surface area contributed by atoms with Crippen LogP contribution in [0.2, 0.25) is 0 Å². The van der Waals surface area contributed by atoms with E-state index in [4.69, 9.17) is 4.74 Å². The van der Waals surface area contributed by atoms with E-state index in [1.54, 1.807) is 0 Å². The first kappa shape index (κ1) is 19.7. The van der Waals surface area contributed by atoms with Crippen molar-refractivity contribution in [3.05, 3.63) is 37.5 Å². The van der Waals surface area contributed by atoms with Crippen LogP contribution in [0.25, 0.3) is 0 Å². The lowest BCUT2D eigenvalue weighted by atomic mass is 9.88. The van der Waals surface area contributed by atoms with Crippen LogP contribution in [-0.2, 0) is 9.53 Å². The van der Waals surface area contributed by atoms with E-state index in [1.807, 2.05) is 12.2 Å². The predicted octanol–water partition coefficient (Wildman–Crippen LogP) is 6.14. The molecule has 0 aromatic heterocycles. The van der Waals surface area contributed by atoms with Crippen LogP contribution in [0.15, 0.2) is 37.5 Å². The maximum Gasteiger partial charge on any atom is 0.334 e. The van der Waals surface area contributed by atoms with Crippen molar-refractivity contribution in [2.24, 2.45) is 5.92 Å². The molecule has 1 aliphatic heterocycles. The third-order valence-corrected chi connectivity index (χ3v) is 4.74. The van der Waals surface area contributed by atoms with Gasteiger partial charge in [-0.15, -0.1) is 13.2 Å². The molecule has 1 saturated heterocycles. The Morgan fingerprint density at radius 1 is 0.826 bits per heavy atom. The maximum atomic E-state index is 11.8. The van der Waals surface area contributed by atoms with Gasteiger partial charge < -0.3 is 4.74 Å². The molecule has 0 saturated carbocycles. The molecule has 0 amide bonds. The SMILES string of the molecule is C=CCCCCCCC[C@H]1C(=C)C(=O)O[C@H]1CCCCCC=C. The second kappa shape index (κ2) is 12.2. The van der Waals surface area contributed by atoms with Gasteiger partial charge in [0.25, 0.3) is 0 Å². The monoisotopic (exact) mass is 318 g/mol. The molecule has 1 fully saturated rings. The first-order valence-corrected chi connectivity index (χ1v) is 9.32. The van der Waals surface area contributed by atoms with Crippen molar-refractivity contribution >= 4 is 5.97 Å². The maximum absolute atomic E-state index is 11.8. The van der Waals surface area contributed by atoms with Crippen molar-refractivity contribution in [2.75, 3.05) is 0 Å². The van der Waals surface area contributed by atoms with Gasteiger partial charge in [-0.05, 0) is 44.9 Å². The van der Waals surface area contributed by atoms with Crippen molar-refractivity contribution in [3.63, 3.8) is 0 Å². The molecule has 0 N–H and O–H groups in total. The van der Waals surface area contributed by atoms with E-state index in [2.05, 4.69) is 19.7 Å². The lowest BCUT2D eigenvalue weighted by Crippen LogP contribution is -2.16. The second-order valence-corrected chi connectivity index (χ2v) is 6.64. The molecule has 0 bridgehead atoms. The number of allylic oxidation sites excluding steroid dienone is 2. The number of esters is 1. The van der Waals surface area contributed by atoms with Crippen molar-refractivity contribution in [2.45, 2.75) is 83.2 Å². The summed E-state index contributed by atoms with van der Waals surface area (Å²) in [5, 5.41) is 0. The molecule has 1 aliphatic rings. The van der Waals surface area contributed by atoms with Crippen LogP contribution in [0.3, 0.4) is 0 Å². The van der Waals surface area contributed by atoms with Gasteiger partial charge in [0.2, 0.25) is 0 Å². The lowest BCUT2D eigenvalue weighted by Gasteiger charge is -2.17. The van der Waals surface area contributed by atoms with E-state index in [0.717, 1.165) is 32.1 Å². The van der Waals surface area contributed by atoms with Crippen LogP contribution in [0.1, 0.15) is 77.0 Å². The Hall–Kier alpha value is -1.31. The molecule has 2 atom stereocenters. The van der Waals surface area contributed by atoms with Crippen LogP contribution < -0.4 is 0 Å². The zero-order valence-electron chi connectivity index (χ0n) is 14.7. The molecule has 0 spiro atoms. The summed E-state index contributed by atoms with van der Waals surface area (Å²) >= 11 is 0. The second-order valence-electron chi connectivity index (χ2n) is 6.64. The fourth-order valence-corrected chi connectivity index (χ4v) is 3.29. The Bertz CT molecular complexity index is 383. The highest BCUT2D eigenvalue weighted by molar-refractivity contribution is 5.90. The fourth-order valence-electron chi connectivity index (χ4n) is 3.29. The fraction of sp³-hybridized carbons (Fsp3) is 0.667. The molecule has 0 radical (unpaired) electrons. The summed E-state index contributed by atoms with van der Waals surface area (Å²) in [6.07, 6.45) is 17.9. The first-order chi connectivity index (χ1) is 11.2. The van der Waals surface area contributed by atoms with Gasteiger partial charge in [0.15, 0.2) is 0 Å². The van der Waals surface area contributed by atoms with Crippen LogP contribution in [0.5, 0.6) is 0 Å². The summed E-state index contributed by atoms with van der Waals surface area (Å²) < 4.78 is 5.53. The molecule has 1 rings (SSSR count). The lowest BCUT2D eigenvalue weighted by molar-refractivity contribution is -0.139. The van der Waals surface area contributed by atoms with Gasteiger partial charge in [0, 0.05) is 11.5 Å². The topological polar surface area (TPSA) is 26.3 Å². The van der Waals surface area contributed by atoms with E-state index in [0.29, 0.717) is 5.57 Å². The number of carbonyl (C=O) groups excluding carboxylic acids is 1. The molecule has 0 aromatic rings. The van der Waals surface area contributed by atoms with Crippen molar-refractivity contribution in [3.8, 4) is 0 Å². The molecule has 1 heterocycles. The summed E-state index contributed by atoms with van der Waals surface area (Å²) in [6, 6.07) is 0. The smallest absolute Gasteiger partial charge is 0.334 e. The number of hydrogen-bond acceptors (Lipinski definition) is 2. The highest BCUT2D eigenvalue weighted by Crippen LogP contribution is 2.34. The summed E-state index contributed by atoms with van der Waals surface area (Å²) in [5.74, 6) is 0.0761. The number of unbranched alkanes of at least 4 members (excludes halogenated alkanes) is 8. The van der Waals surface area contributed by atoms with Crippen molar-refractivity contribution < 1.29 is 9.53 Å². The molecule has 0 aliphatic carbocycles. The number of rotatable bonds is 14. The average Bonchev–Trinajstić information content (AvgIpc) is 2.81. The molecule has 2 heteroatoms. The van der Waals surface area contributed by atoms with Crippen LogP contribution in [0.4, 0.5) is 0 Å². The highest BCUT2D eigenvalue weighted by Gasteiger charge is 2.37. The van der Waals surface area contributed by atoms with E-state index in [1.165, 1.54) is 44.9 Å². The number of hydrogen-bond donors (Lipinski definition) is 0. The van der Waals surface area contributed by atoms with Crippen LogP contribution in [-0.4, -0.2) is 12.1 Å². The third-order valence-electron chi connectivity index (χ3n) is 4.74. The Morgan fingerprint density at radius 3 is 2.00 bits per heavy atom. The van der Waals surface area contributed by atoms with Crippen molar-refractivity contribution in [1.82, 2.24) is 0 Å². The molecular weight excluding hydrogens is 284 g/mol. The van der Waals surface area contributed by atoms with Gasteiger partial charge in [-0.2, -0.15) is 0 Å². The summed E-state index contributed by atoms with van der Waals surface area (Å²) in [7, 11) is 0. The van der Waals surface area contributed by atoms with E-state index < -0.39 is 0 Å².